The molecule has 1 rings (SSSR count). The van der Waals surface area contributed by atoms with E-state index in [9.17, 15) is 8.42 Å². The van der Waals surface area contributed by atoms with Crippen molar-refractivity contribution in [2.45, 2.75) is 18.6 Å². The number of rotatable bonds is 5. The van der Waals surface area contributed by atoms with Gasteiger partial charge in [0, 0.05) is 13.2 Å². The minimum atomic E-state index is -3.35. The maximum Gasteiger partial charge on any atom is 0.216 e. The van der Waals surface area contributed by atoms with E-state index in [4.69, 9.17) is 9.84 Å². The third kappa shape index (κ3) is 3.20. The van der Waals surface area contributed by atoms with E-state index in [1.54, 1.807) is 0 Å². The van der Waals surface area contributed by atoms with E-state index in [1.165, 1.54) is 6.92 Å². The fraction of sp³-hybridized carbons (Fsp3) is 1.00. The lowest BCUT2D eigenvalue weighted by atomic mass is 10.1. The Hall–Kier alpha value is -0.170. The number of hydrogen-bond acceptors (Lipinski definition) is 4. The molecule has 1 fully saturated rings. The molecule has 14 heavy (non-hydrogen) atoms. The smallest absolute Gasteiger partial charge is 0.216 e. The summed E-state index contributed by atoms with van der Waals surface area (Å²) in [4.78, 5) is 0. The largest absolute Gasteiger partial charge is 0.395 e. The molecule has 2 atom stereocenters. The Morgan fingerprint density at radius 3 is 2.86 bits per heavy atom. The van der Waals surface area contributed by atoms with E-state index in [-0.39, 0.29) is 12.5 Å². The zero-order valence-corrected chi connectivity index (χ0v) is 9.09. The van der Waals surface area contributed by atoms with Gasteiger partial charge in [0.15, 0.2) is 0 Å². The Labute approximate surface area is 84.5 Å². The van der Waals surface area contributed by atoms with E-state index in [0.29, 0.717) is 19.8 Å². The highest BCUT2D eigenvalue weighted by molar-refractivity contribution is 7.90. The van der Waals surface area contributed by atoms with Crippen LogP contribution in [0.1, 0.15) is 13.3 Å². The number of aliphatic hydroxyl groups excluding tert-OH is 1. The third-order valence-corrected chi connectivity index (χ3v) is 4.16. The van der Waals surface area contributed by atoms with Crippen LogP contribution in [0.25, 0.3) is 0 Å². The van der Waals surface area contributed by atoms with Gasteiger partial charge in [-0.3, -0.25) is 0 Å². The van der Waals surface area contributed by atoms with Gasteiger partial charge in [0.25, 0.3) is 0 Å². The molecule has 0 spiro atoms. The SMILES string of the molecule is CC(CO)S(=O)(=O)NCC1CCOC1. The third-order valence-electron chi connectivity index (χ3n) is 2.38. The molecule has 1 aliphatic rings. The standard InChI is InChI=1S/C8H17NO4S/c1-7(5-10)14(11,12)9-4-8-2-3-13-6-8/h7-10H,2-6H2,1H3. The van der Waals surface area contributed by atoms with Crippen LogP contribution in [0.4, 0.5) is 0 Å². The van der Waals surface area contributed by atoms with Crippen LogP contribution < -0.4 is 4.72 Å². The van der Waals surface area contributed by atoms with Crippen LogP contribution in [-0.2, 0) is 14.8 Å². The molecule has 84 valence electrons. The van der Waals surface area contributed by atoms with Crippen molar-refractivity contribution in [3.05, 3.63) is 0 Å². The van der Waals surface area contributed by atoms with Crippen LogP contribution in [0, 0.1) is 5.92 Å². The average Bonchev–Trinajstić information content (AvgIpc) is 2.66. The Morgan fingerprint density at radius 2 is 2.36 bits per heavy atom. The van der Waals surface area contributed by atoms with Gasteiger partial charge in [0.2, 0.25) is 10.0 Å². The molecule has 0 bridgehead atoms. The maximum absolute atomic E-state index is 11.4. The zero-order valence-electron chi connectivity index (χ0n) is 8.27. The lowest BCUT2D eigenvalue weighted by Crippen LogP contribution is -2.37. The molecule has 0 aromatic carbocycles. The molecule has 2 N–H and O–H groups in total. The van der Waals surface area contributed by atoms with Gasteiger partial charge in [-0.2, -0.15) is 0 Å². The van der Waals surface area contributed by atoms with Crippen molar-refractivity contribution >= 4 is 10.0 Å². The van der Waals surface area contributed by atoms with Gasteiger partial charge >= 0.3 is 0 Å². The highest BCUT2D eigenvalue weighted by atomic mass is 32.2. The van der Waals surface area contributed by atoms with Crippen LogP contribution in [-0.4, -0.2) is 45.1 Å². The maximum atomic E-state index is 11.4. The summed E-state index contributed by atoms with van der Waals surface area (Å²) in [5, 5.41) is 7.97. The lowest BCUT2D eigenvalue weighted by Gasteiger charge is -2.13. The molecule has 2 unspecified atom stereocenters. The Bertz CT molecular complexity index is 259. The normalized spacial score (nSPS) is 25.1. The number of aliphatic hydroxyl groups is 1. The molecule has 0 aliphatic carbocycles. The summed E-state index contributed by atoms with van der Waals surface area (Å²) >= 11 is 0. The first kappa shape index (κ1) is 11.9. The van der Waals surface area contributed by atoms with Gasteiger partial charge in [0.1, 0.15) is 0 Å². The van der Waals surface area contributed by atoms with E-state index in [1.807, 2.05) is 0 Å². The summed E-state index contributed by atoms with van der Waals surface area (Å²) in [5.41, 5.74) is 0. The predicted molar refractivity (Wildman–Crippen MR) is 52.4 cm³/mol. The molecule has 5 nitrogen and oxygen atoms in total. The lowest BCUT2D eigenvalue weighted by molar-refractivity contribution is 0.186. The molecule has 0 radical (unpaired) electrons. The average molecular weight is 223 g/mol. The summed E-state index contributed by atoms with van der Waals surface area (Å²) < 4.78 is 30.4. The van der Waals surface area contributed by atoms with Crippen LogP contribution in [0.2, 0.25) is 0 Å². The van der Waals surface area contributed by atoms with Gasteiger partial charge in [-0.25, -0.2) is 13.1 Å². The molecular weight excluding hydrogens is 206 g/mol. The molecule has 0 amide bonds. The Balaban J connectivity index is 2.35. The van der Waals surface area contributed by atoms with Gasteiger partial charge in [0.05, 0.1) is 18.5 Å². The first-order valence-corrected chi connectivity index (χ1v) is 6.28. The minimum absolute atomic E-state index is 0.274. The molecule has 1 saturated heterocycles. The second-order valence-electron chi connectivity index (χ2n) is 3.62. The van der Waals surface area contributed by atoms with Crippen molar-refractivity contribution in [2.24, 2.45) is 5.92 Å². The van der Waals surface area contributed by atoms with Crippen LogP contribution >= 0.6 is 0 Å². The van der Waals surface area contributed by atoms with E-state index in [0.717, 1.165) is 6.42 Å². The highest BCUT2D eigenvalue weighted by Gasteiger charge is 2.22. The summed E-state index contributed by atoms with van der Waals surface area (Å²) in [6.07, 6.45) is 0.899. The van der Waals surface area contributed by atoms with E-state index in [2.05, 4.69) is 4.72 Å². The molecule has 1 aliphatic heterocycles. The molecule has 6 heteroatoms. The molecule has 0 aromatic rings. The van der Waals surface area contributed by atoms with Gasteiger partial charge in [-0.05, 0) is 19.3 Å². The second kappa shape index (κ2) is 5.06. The molecule has 0 aromatic heterocycles. The highest BCUT2D eigenvalue weighted by Crippen LogP contribution is 2.11. The molecular formula is C8H17NO4S. The number of ether oxygens (including phenoxy) is 1. The van der Waals surface area contributed by atoms with Crippen molar-refractivity contribution in [3.63, 3.8) is 0 Å². The van der Waals surface area contributed by atoms with Crippen LogP contribution in [0.5, 0.6) is 0 Å². The van der Waals surface area contributed by atoms with Crippen molar-refractivity contribution in [1.82, 2.24) is 4.72 Å². The van der Waals surface area contributed by atoms with Crippen LogP contribution in [0.3, 0.4) is 0 Å². The molecule has 1 heterocycles. The van der Waals surface area contributed by atoms with E-state index >= 15 is 0 Å². The van der Waals surface area contributed by atoms with Crippen molar-refractivity contribution < 1.29 is 18.3 Å². The number of sulfonamides is 1. The van der Waals surface area contributed by atoms with Gasteiger partial charge < -0.3 is 9.84 Å². The summed E-state index contributed by atoms with van der Waals surface area (Å²) in [5.74, 6) is 0.274. The summed E-state index contributed by atoms with van der Waals surface area (Å²) in [7, 11) is -3.35. The van der Waals surface area contributed by atoms with Gasteiger partial charge in [-0.1, -0.05) is 0 Å². The fourth-order valence-corrected chi connectivity index (χ4v) is 2.17. The monoisotopic (exact) mass is 223 g/mol. The topological polar surface area (TPSA) is 75.6 Å². The second-order valence-corrected chi connectivity index (χ2v) is 5.80. The quantitative estimate of drug-likeness (QED) is 0.647. The Kier molecular flexibility index (Phi) is 4.31. The minimum Gasteiger partial charge on any atom is -0.395 e. The van der Waals surface area contributed by atoms with Crippen molar-refractivity contribution in [2.75, 3.05) is 26.4 Å². The Morgan fingerprint density at radius 1 is 1.64 bits per heavy atom. The number of hydrogen-bond donors (Lipinski definition) is 2. The van der Waals surface area contributed by atoms with Crippen molar-refractivity contribution in [1.29, 1.82) is 0 Å². The van der Waals surface area contributed by atoms with Crippen molar-refractivity contribution in [3.8, 4) is 0 Å². The summed E-state index contributed by atoms with van der Waals surface area (Å²) in [6.45, 7) is 2.87. The van der Waals surface area contributed by atoms with Crippen LogP contribution in [0.15, 0.2) is 0 Å². The van der Waals surface area contributed by atoms with E-state index < -0.39 is 15.3 Å². The fourth-order valence-electron chi connectivity index (χ4n) is 1.22. The first-order valence-electron chi connectivity index (χ1n) is 4.73. The first-order chi connectivity index (χ1) is 6.56. The molecule has 0 saturated carbocycles. The van der Waals surface area contributed by atoms with Gasteiger partial charge in [-0.15, -0.1) is 0 Å². The summed E-state index contributed by atoms with van der Waals surface area (Å²) in [6, 6.07) is 0. The number of nitrogens with one attached hydrogen (secondary N) is 1. The predicted octanol–water partition coefficient (Wildman–Crippen LogP) is -0.677. The zero-order chi connectivity index (χ0) is 10.6.